The van der Waals surface area contributed by atoms with Gasteiger partial charge in [0.05, 0.1) is 11.0 Å². The summed E-state index contributed by atoms with van der Waals surface area (Å²) < 4.78 is 28.9. The van der Waals surface area contributed by atoms with Crippen LogP contribution in [0.1, 0.15) is 15.8 Å². The van der Waals surface area contributed by atoms with Gasteiger partial charge in [-0.3, -0.25) is 0 Å². The molecule has 0 heterocycles. The van der Waals surface area contributed by atoms with Gasteiger partial charge in [-0.15, -0.1) is 0 Å². The lowest BCUT2D eigenvalue weighted by Crippen LogP contribution is -1.96. The quantitative estimate of drug-likeness (QED) is 0.573. The second-order valence-electron chi connectivity index (χ2n) is 1.59. The number of carbonyl (C=O) groups is 1. The molecule has 1 aromatic carbocycles. The summed E-state index contributed by atoms with van der Waals surface area (Å²) in [5, 5.41) is 8.65. The summed E-state index contributed by atoms with van der Waals surface area (Å²) in [5.41, 5.74) is 4.23. The maximum atomic E-state index is 10.6. The molecule has 0 aliphatic rings. The van der Waals surface area contributed by atoms with Crippen LogP contribution in [0.3, 0.4) is 0 Å². The number of nitrogens with two attached hydrogens (primary N) is 1. The number of hydrogen-bond donors (Lipinski definition) is 2. The molecule has 0 fully saturated rings. The second-order valence-corrected chi connectivity index (χ2v) is 1.59. The van der Waals surface area contributed by atoms with Gasteiger partial charge in [0.25, 0.3) is 0 Å². The van der Waals surface area contributed by atoms with Gasteiger partial charge in [0.2, 0.25) is 0 Å². The lowest BCUT2D eigenvalue weighted by Gasteiger charge is -1.93. The SMILES string of the molecule is [2H]c1c([2H])c(N)c([2H])c(C(=O)O)c1[2H]. The molecular weight excluding hydrogens is 130 g/mol. The maximum absolute atomic E-state index is 10.6. The molecule has 52 valence electrons. The molecule has 0 unspecified atom stereocenters. The van der Waals surface area contributed by atoms with Crippen molar-refractivity contribution in [3.8, 4) is 0 Å². The van der Waals surface area contributed by atoms with Gasteiger partial charge in [-0.25, -0.2) is 4.79 Å². The second kappa shape index (κ2) is 2.39. The van der Waals surface area contributed by atoms with E-state index in [4.69, 9.17) is 16.3 Å². The van der Waals surface area contributed by atoms with Crippen LogP contribution in [0.5, 0.6) is 0 Å². The lowest BCUT2D eigenvalue weighted by atomic mass is 10.2. The highest BCUT2D eigenvalue weighted by molar-refractivity contribution is 5.88. The Hall–Kier alpha value is -1.51. The highest BCUT2D eigenvalue weighted by Crippen LogP contribution is 2.05. The van der Waals surface area contributed by atoms with Crippen LogP contribution in [0.4, 0.5) is 5.69 Å². The van der Waals surface area contributed by atoms with E-state index < -0.39 is 35.7 Å². The summed E-state index contributed by atoms with van der Waals surface area (Å²) in [5.74, 6) is -1.49. The first-order chi connectivity index (χ1) is 6.37. The molecule has 0 atom stereocenters. The number of benzene rings is 1. The van der Waals surface area contributed by atoms with Crippen LogP contribution >= 0.6 is 0 Å². The molecule has 0 aliphatic heterocycles. The monoisotopic (exact) mass is 141 g/mol. The minimum absolute atomic E-state index is 0.386. The zero-order chi connectivity index (χ0) is 11.0. The third-order valence-electron chi connectivity index (χ3n) is 0.858. The zero-order valence-electron chi connectivity index (χ0n) is 8.93. The first-order valence-corrected chi connectivity index (χ1v) is 2.47. The van der Waals surface area contributed by atoms with Crippen LogP contribution in [0.25, 0.3) is 0 Å². The van der Waals surface area contributed by atoms with Crippen molar-refractivity contribution in [3.63, 3.8) is 0 Å². The van der Waals surface area contributed by atoms with Crippen LogP contribution in [-0.4, -0.2) is 11.1 Å². The van der Waals surface area contributed by atoms with Gasteiger partial charge in [0.1, 0.15) is 0 Å². The van der Waals surface area contributed by atoms with Crippen molar-refractivity contribution in [2.24, 2.45) is 0 Å². The van der Waals surface area contributed by atoms with E-state index in [0.29, 0.717) is 0 Å². The molecule has 10 heavy (non-hydrogen) atoms. The lowest BCUT2D eigenvalue weighted by molar-refractivity contribution is 0.0697. The van der Waals surface area contributed by atoms with E-state index in [2.05, 4.69) is 0 Å². The van der Waals surface area contributed by atoms with Gasteiger partial charge in [-0.2, -0.15) is 0 Å². The zero-order valence-corrected chi connectivity index (χ0v) is 4.93. The molecular formula is C7H7NO2. The number of nitrogen functional groups attached to an aromatic ring is 1. The number of aromatic carboxylic acids is 1. The van der Waals surface area contributed by atoms with E-state index >= 15 is 0 Å². The number of hydrogen-bond acceptors (Lipinski definition) is 2. The average molecular weight is 141 g/mol. The minimum Gasteiger partial charge on any atom is -0.478 e. The molecule has 3 N–H and O–H groups in total. The van der Waals surface area contributed by atoms with Crippen molar-refractivity contribution in [3.05, 3.63) is 29.7 Å². The normalized spacial score (nSPS) is 14.8. The fourth-order valence-corrected chi connectivity index (χ4v) is 0.465. The van der Waals surface area contributed by atoms with E-state index in [9.17, 15) is 4.79 Å². The first kappa shape index (κ1) is 3.05. The standard InChI is InChI=1S/C7H7NO2/c8-6-3-1-2-5(4-6)7(9)10/h1-4H,8H2,(H,9,10)/i1D,2D,3D,4D. The Labute approximate surface area is 63.7 Å². The fourth-order valence-electron chi connectivity index (χ4n) is 0.465. The molecule has 1 rings (SSSR count). The number of carboxylic acids is 1. The summed E-state index contributed by atoms with van der Waals surface area (Å²) in [4.78, 5) is 10.6. The molecule has 0 aromatic heterocycles. The van der Waals surface area contributed by atoms with Gasteiger partial charge < -0.3 is 10.8 Å². The molecule has 0 spiro atoms. The molecule has 0 aliphatic carbocycles. The molecule has 0 bridgehead atoms. The fraction of sp³-hybridized carbons (Fsp3) is 0. The summed E-state index contributed by atoms with van der Waals surface area (Å²) in [7, 11) is 0. The molecule has 3 nitrogen and oxygen atoms in total. The Morgan fingerprint density at radius 2 is 2.40 bits per heavy atom. The maximum Gasteiger partial charge on any atom is 0.335 e. The summed E-state index contributed by atoms with van der Waals surface area (Å²) in [6, 6.07) is -2.29. The first-order valence-electron chi connectivity index (χ1n) is 4.47. The van der Waals surface area contributed by atoms with E-state index in [0.717, 1.165) is 0 Å². The summed E-state index contributed by atoms with van der Waals surface area (Å²) in [6.45, 7) is 0. The van der Waals surface area contributed by atoms with Crippen LogP contribution < -0.4 is 5.73 Å². The van der Waals surface area contributed by atoms with E-state index in [1.54, 1.807) is 0 Å². The van der Waals surface area contributed by atoms with E-state index in [1.807, 2.05) is 0 Å². The molecule has 0 amide bonds. The van der Waals surface area contributed by atoms with Crippen molar-refractivity contribution in [2.45, 2.75) is 0 Å². The minimum atomic E-state index is -1.49. The molecule has 1 aromatic rings. The van der Waals surface area contributed by atoms with Crippen molar-refractivity contribution in [2.75, 3.05) is 5.73 Å². The van der Waals surface area contributed by atoms with Crippen LogP contribution in [-0.2, 0) is 0 Å². The van der Waals surface area contributed by atoms with Gasteiger partial charge in [-0.05, 0) is 18.1 Å². The average Bonchev–Trinajstić information content (AvgIpc) is 2.11. The van der Waals surface area contributed by atoms with Gasteiger partial charge in [-0.1, -0.05) is 6.04 Å². The smallest absolute Gasteiger partial charge is 0.335 e. The molecule has 3 heteroatoms. The largest absolute Gasteiger partial charge is 0.478 e. The highest BCUT2D eigenvalue weighted by atomic mass is 16.4. The third kappa shape index (κ3) is 1.25. The predicted molar refractivity (Wildman–Crippen MR) is 37.8 cm³/mol. The highest BCUT2D eigenvalue weighted by Gasteiger charge is 1.99. The van der Waals surface area contributed by atoms with Crippen LogP contribution in [0.15, 0.2) is 24.2 Å². The Bertz CT molecular complexity index is 390. The Morgan fingerprint density at radius 1 is 1.70 bits per heavy atom. The van der Waals surface area contributed by atoms with Crippen molar-refractivity contribution < 1.29 is 15.4 Å². The van der Waals surface area contributed by atoms with Gasteiger partial charge >= 0.3 is 5.97 Å². The Balaban J connectivity index is 3.68. The third-order valence-corrected chi connectivity index (χ3v) is 0.858. The summed E-state index contributed by atoms with van der Waals surface area (Å²) >= 11 is 0. The molecule has 0 saturated carbocycles. The molecule has 0 saturated heterocycles. The van der Waals surface area contributed by atoms with Crippen LogP contribution in [0.2, 0.25) is 0 Å². The summed E-state index contributed by atoms with van der Waals surface area (Å²) in [6.07, 6.45) is 0. The molecule has 0 radical (unpaired) electrons. The number of rotatable bonds is 1. The van der Waals surface area contributed by atoms with Gasteiger partial charge in [0.15, 0.2) is 0 Å². The van der Waals surface area contributed by atoms with Crippen molar-refractivity contribution in [1.29, 1.82) is 0 Å². The predicted octanol–water partition coefficient (Wildman–Crippen LogP) is 0.967. The van der Waals surface area contributed by atoms with Crippen LogP contribution in [0, 0.1) is 0 Å². The van der Waals surface area contributed by atoms with Crippen molar-refractivity contribution >= 4 is 11.7 Å². The Morgan fingerprint density at radius 3 is 3.00 bits per heavy atom. The van der Waals surface area contributed by atoms with E-state index in [-0.39, 0.29) is 5.69 Å². The van der Waals surface area contributed by atoms with E-state index in [1.165, 1.54) is 0 Å². The van der Waals surface area contributed by atoms with Crippen molar-refractivity contribution in [1.82, 2.24) is 0 Å². The number of carboxylic acid groups (broad SMARTS) is 1. The topological polar surface area (TPSA) is 63.3 Å². The van der Waals surface area contributed by atoms with Gasteiger partial charge in [0, 0.05) is 5.69 Å². The number of anilines is 1. The Kier molecular flexibility index (Phi) is 0.730.